The lowest BCUT2D eigenvalue weighted by Gasteiger charge is -2.41. The molecule has 0 aliphatic carbocycles. The SMILES string of the molecule is COc1cc2nc(N3CCC(Cc4ccccc4)(C(=O)NCc4ccc(C)c(Cl)c4)CC3)nc(C)c2cc1OC. The van der Waals surface area contributed by atoms with Crippen molar-refractivity contribution in [2.75, 3.05) is 32.2 Å². The van der Waals surface area contributed by atoms with Crippen LogP contribution in [0.15, 0.2) is 60.7 Å². The third-order valence-electron chi connectivity index (χ3n) is 7.94. The number of hydrogen-bond acceptors (Lipinski definition) is 6. The van der Waals surface area contributed by atoms with Crippen molar-refractivity contribution in [2.24, 2.45) is 5.41 Å². The molecule has 0 atom stereocenters. The fourth-order valence-electron chi connectivity index (χ4n) is 5.46. The number of carbonyl (C=O) groups excluding carboxylic acids is 1. The predicted molar refractivity (Wildman–Crippen MR) is 159 cm³/mol. The fourth-order valence-corrected chi connectivity index (χ4v) is 5.66. The molecule has 1 aliphatic heterocycles. The first-order chi connectivity index (χ1) is 19.3. The Kier molecular flexibility index (Phi) is 8.12. The molecule has 3 aromatic carbocycles. The van der Waals surface area contributed by atoms with Crippen molar-refractivity contribution >= 4 is 34.4 Å². The van der Waals surface area contributed by atoms with Crippen molar-refractivity contribution in [3.8, 4) is 11.5 Å². The van der Waals surface area contributed by atoms with Crippen LogP contribution in [0.1, 0.15) is 35.2 Å². The van der Waals surface area contributed by atoms with Crippen molar-refractivity contribution < 1.29 is 14.3 Å². The van der Waals surface area contributed by atoms with Crippen molar-refractivity contribution in [3.05, 3.63) is 88.1 Å². The smallest absolute Gasteiger partial charge is 0.226 e. The normalized spacial score (nSPS) is 14.7. The zero-order chi connectivity index (χ0) is 28.3. The van der Waals surface area contributed by atoms with Gasteiger partial charge in [0.1, 0.15) is 0 Å². The maximum absolute atomic E-state index is 13.8. The van der Waals surface area contributed by atoms with Gasteiger partial charge in [0.15, 0.2) is 11.5 Å². The Hall–Kier alpha value is -3.84. The third-order valence-corrected chi connectivity index (χ3v) is 8.35. The van der Waals surface area contributed by atoms with Gasteiger partial charge in [-0.2, -0.15) is 0 Å². The van der Waals surface area contributed by atoms with Crippen molar-refractivity contribution in [2.45, 2.75) is 39.7 Å². The molecule has 208 valence electrons. The van der Waals surface area contributed by atoms with Gasteiger partial charge >= 0.3 is 0 Å². The lowest BCUT2D eigenvalue weighted by molar-refractivity contribution is -0.132. The van der Waals surface area contributed by atoms with Crippen molar-refractivity contribution in [3.63, 3.8) is 0 Å². The molecule has 0 spiro atoms. The zero-order valence-electron chi connectivity index (χ0n) is 23.5. The van der Waals surface area contributed by atoms with E-state index in [9.17, 15) is 4.79 Å². The van der Waals surface area contributed by atoms with Crippen molar-refractivity contribution in [1.82, 2.24) is 15.3 Å². The van der Waals surface area contributed by atoms with Gasteiger partial charge in [-0.1, -0.05) is 54.1 Å². The topological polar surface area (TPSA) is 76.6 Å². The molecule has 0 unspecified atom stereocenters. The van der Waals surface area contributed by atoms with Crippen molar-refractivity contribution in [1.29, 1.82) is 0 Å². The Morgan fingerprint density at radius 3 is 2.33 bits per heavy atom. The summed E-state index contributed by atoms with van der Waals surface area (Å²) in [6.07, 6.45) is 2.06. The standard InChI is InChI=1S/C32H35ClN4O3/c1-21-10-11-24(16-26(21)33)20-34-30(38)32(19-23-8-6-5-7-9-23)12-14-37(15-13-32)31-35-22(2)25-17-28(39-3)29(40-4)18-27(25)36-31/h5-11,16-18H,12-15,19-20H2,1-4H3,(H,34,38). The Bertz CT molecular complexity index is 1520. The minimum atomic E-state index is -0.533. The number of nitrogens with one attached hydrogen (secondary N) is 1. The summed E-state index contributed by atoms with van der Waals surface area (Å²) in [4.78, 5) is 25.7. The number of rotatable bonds is 8. The second kappa shape index (κ2) is 11.7. The highest BCUT2D eigenvalue weighted by molar-refractivity contribution is 6.31. The monoisotopic (exact) mass is 558 g/mol. The number of aromatic nitrogens is 2. The predicted octanol–water partition coefficient (Wildman–Crippen LogP) is 6.06. The Balaban J connectivity index is 1.37. The van der Waals surface area contributed by atoms with E-state index >= 15 is 0 Å². The van der Waals surface area contributed by atoms with Crippen LogP contribution in [-0.4, -0.2) is 43.2 Å². The van der Waals surface area contributed by atoms with E-state index in [0.29, 0.717) is 61.4 Å². The van der Waals surface area contributed by atoms with Crippen LogP contribution < -0.4 is 19.7 Å². The highest BCUT2D eigenvalue weighted by Gasteiger charge is 2.42. The van der Waals surface area contributed by atoms with Crippen LogP contribution in [-0.2, 0) is 17.8 Å². The number of aryl methyl sites for hydroxylation is 2. The lowest BCUT2D eigenvalue weighted by atomic mass is 9.73. The van der Waals surface area contributed by atoms with E-state index < -0.39 is 5.41 Å². The molecule has 1 N–H and O–H groups in total. The molecule has 4 aromatic rings. The largest absolute Gasteiger partial charge is 0.493 e. The van der Waals surface area contributed by atoms with Gasteiger partial charge in [0.25, 0.3) is 0 Å². The average molecular weight is 559 g/mol. The van der Waals surface area contributed by atoms with E-state index in [0.717, 1.165) is 33.3 Å². The summed E-state index contributed by atoms with van der Waals surface area (Å²) in [6, 6.07) is 20.0. The maximum atomic E-state index is 13.8. The van der Waals surface area contributed by atoms with E-state index in [-0.39, 0.29) is 5.91 Å². The van der Waals surface area contributed by atoms with Crippen LogP contribution in [0.2, 0.25) is 5.02 Å². The summed E-state index contributed by atoms with van der Waals surface area (Å²) in [7, 11) is 3.24. The van der Waals surface area contributed by atoms with Gasteiger partial charge in [-0.15, -0.1) is 0 Å². The van der Waals surface area contributed by atoms with E-state index in [1.807, 2.05) is 62.4 Å². The second-order valence-corrected chi connectivity index (χ2v) is 10.9. The molecule has 8 heteroatoms. The Labute approximate surface area is 240 Å². The molecule has 0 saturated carbocycles. The number of hydrogen-bond donors (Lipinski definition) is 1. The quantitative estimate of drug-likeness (QED) is 0.283. The molecule has 1 aliphatic rings. The first-order valence-electron chi connectivity index (χ1n) is 13.5. The van der Waals surface area contributed by atoms with Gasteiger partial charge in [0, 0.05) is 36.1 Å². The summed E-state index contributed by atoms with van der Waals surface area (Å²) < 4.78 is 11.0. The highest BCUT2D eigenvalue weighted by Crippen LogP contribution is 2.38. The molecule has 0 radical (unpaired) electrons. The van der Waals surface area contributed by atoms with Gasteiger partial charge in [-0.25, -0.2) is 9.97 Å². The molecular formula is C32H35ClN4O3. The minimum absolute atomic E-state index is 0.0696. The molecule has 1 fully saturated rings. The van der Waals surface area contributed by atoms with E-state index in [1.54, 1.807) is 14.2 Å². The van der Waals surface area contributed by atoms with Gasteiger partial charge in [0.05, 0.1) is 30.8 Å². The summed E-state index contributed by atoms with van der Waals surface area (Å²) in [5.41, 5.74) is 4.31. The number of amides is 1. The molecule has 5 rings (SSSR count). The number of carbonyl (C=O) groups is 1. The molecule has 7 nitrogen and oxygen atoms in total. The molecular weight excluding hydrogens is 524 g/mol. The third kappa shape index (κ3) is 5.70. The van der Waals surface area contributed by atoms with Crippen LogP contribution in [0.25, 0.3) is 10.9 Å². The zero-order valence-corrected chi connectivity index (χ0v) is 24.2. The summed E-state index contributed by atoms with van der Waals surface area (Å²) >= 11 is 6.32. The molecule has 0 bridgehead atoms. The summed E-state index contributed by atoms with van der Waals surface area (Å²) in [5.74, 6) is 2.02. The fraction of sp³-hybridized carbons (Fsp3) is 0.344. The average Bonchev–Trinajstić information content (AvgIpc) is 2.97. The maximum Gasteiger partial charge on any atom is 0.226 e. The van der Waals surface area contributed by atoms with Crippen LogP contribution in [0.3, 0.4) is 0 Å². The number of anilines is 1. The number of methoxy groups -OCH3 is 2. The van der Waals surface area contributed by atoms with Crippen LogP contribution >= 0.6 is 11.6 Å². The number of piperidine rings is 1. The molecule has 1 saturated heterocycles. The molecule has 1 amide bonds. The summed E-state index contributed by atoms with van der Waals surface area (Å²) in [6.45, 7) is 5.75. The van der Waals surface area contributed by atoms with Gasteiger partial charge in [-0.3, -0.25) is 4.79 Å². The molecule has 1 aromatic heterocycles. The van der Waals surface area contributed by atoms with Crippen LogP contribution in [0, 0.1) is 19.3 Å². The van der Waals surface area contributed by atoms with E-state index in [1.165, 1.54) is 0 Å². The van der Waals surface area contributed by atoms with Crippen LogP contribution in [0.4, 0.5) is 5.95 Å². The second-order valence-electron chi connectivity index (χ2n) is 10.5. The molecule has 2 heterocycles. The van der Waals surface area contributed by atoms with E-state index in [2.05, 4.69) is 22.3 Å². The number of halogens is 1. The first kappa shape index (κ1) is 27.7. The number of nitrogens with zero attached hydrogens (tertiary/aromatic N) is 3. The van der Waals surface area contributed by atoms with Gasteiger partial charge in [0.2, 0.25) is 11.9 Å². The van der Waals surface area contributed by atoms with Gasteiger partial charge < -0.3 is 19.7 Å². The Morgan fingerprint density at radius 1 is 0.950 bits per heavy atom. The molecule has 40 heavy (non-hydrogen) atoms. The highest BCUT2D eigenvalue weighted by atomic mass is 35.5. The summed E-state index contributed by atoms with van der Waals surface area (Å²) in [5, 5.41) is 4.85. The number of fused-ring (bicyclic) bond motifs is 1. The Morgan fingerprint density at radius 2 is 1.65 bits per heavy atom. The van der Waals surface area contributed by atoms with Gasteiger partial charge in [-0.05, 0) is 61.9 Å². The minimum Gasteiger partial charge on any atom is -0.493 e. The number of ether oxygens (including phenoxy) is 2. The first-order valence-corrected chi connectivity index (χ1v) is 13.9. The lowest BCUT2D eigenvalue weighted by Crippen LogP contribution is -2.50. The van der Waals surface area contributed by atoms with E-state index in [4.69, 9.17) is 31.0 Å². The van der Waals surface area contributed by atoms with Crippen LogP contribution in [0.5, 0.6) is 11.5 Å². The number of benzene rings is 3.